The largest absolute Gasteiger partial charge is 0.377 e. The van der Waals surface area contributed by atoms with E-state index in [2.05, 4.69) is 5.10 Å². The SMILES string of the molecule is CC.Cc1cnn(C2COC2)c1. The average Bonchev–Trinajstić information content (AvgIpc) is 2.37. The maximum absolute atomic E-state index is 5.04. The lowest BCUT2D eigenvalue weighted by atomic mass is 10.3. The molecular formula is C9H16N2O. The molecule has 0 aliphatic carbocycles. The van der Waals surface area contributed by atoms with Crippen LogP contribution < -0.4 is 0 Å². The Balaban J connectivity index is 0.000000336. The van der Waals surface area contributed by atoms with Gasteiger partial charge < -0.3 is 4.74 Å². The van der Waals surface area contributed by atoms with Gasteiger partial charge in [-0.05, 0) is 12.5 Å². The van der Waals surface area contributed by atoms with Crippen molar-refractivity contribution in [3.05, 3.63) is 18.0 Å². The van der Waals surface area contributed by atoms with E-state index in [0.29, 0.717) is 6.04 Å². The summed E-state index contributed by atoms with van der Waals surface area (Å²) in [5.41, 5.74) is 1.21. The molecule has 0 bridgehead atoms. The van der Waals surface area contributed by atoms with Crippen molar-refractivity contribution < 1.29 is 4.74 Å². The van der Waals surface area contributed by atoms with Crippen molar-refractivity contribution in [2.45, 2.75) is 26.8 Å². The minimum absolute atomic E-state index is 0.494. The first kappa shape index (κ1) is 9.26. The molecule has 0 radical (unpaired) electrons. The van der Waals surface area contributed by atoms with Crippen molar-refractivity contribution in [3.8, 4) is 0 Å². The number of nitrogens with zero attached hydrogens (tertiary/aromatic N) is 2. The molecular weight excluding hydrogens is 152 g/mol. The predicted molar refractivity (Wildman–Crippen MR) is 48.2 cm³/mol. The van der Waals surface area contributed by atoms with Gasteiger partial charge in [0.05, 0.1) is 25.5 Å². The molecule has 2 heterocycles. The van der Waals surface area contributed by atoms with Gasteiger partial charge in [0, 0.05) is 6.20 Å². The summed E-state index contributed by atoms with van der Waals surface area (Å²) in [4.78, 5) is 0. The Bertz CT molecular complexity index is 228. The maximum atomic E-state index is 5.04. The van der Waals surface area contributed by atoms with E-state index in [1.165, 1.54) is 5.56 Å². The summed E-state index contributed by atoms with van der Waals surface area (Å²) in [5.74, 6) is 0. The van der Waals surface area contributed by atoms with Crippen LogP contribution in [0.2, 0.25) is 0 Å². The number of rotatable bonds is 1. The number of aromatic nitrogens is 2. The van der Waals surface area contributed by atoms with Crippen LogP contribution in [0.3, 0.4) is 0 Å². The van der Waals surface area contributed by atoms with Gasteiger partial charge in [0.25, 0.3) is 0 Å². The summed E-state index contributed by atoms with van der Waals surface area (Å²) in [5, 5.41) is 4.17. The molecule has 0 amide bonds. The highest BCUT2D eigenvalue weighted by Crippen LogP contribution is 2.15. The molecule has 1 aliphatic heterocycles. The van der Waals surface area contributed by atoms with Gasteiger partial charge in [-0.3, -0.25) is 4.68 Å². The smallest absolute Gasteiger partial charge is 0.0985 e. The van der Waals surface area contributed by atoms with Gasteiger partial charge in [-0.2, -0.15) is 5.10 Å². The normalized spacial score (nSPS) is 16.2. The molecule has 1 aromatic rings. The molecule has 1 aliphatic rings. The molecule has 0 spiro atoms. The van der Waals surface area contributed by atoms with E-state index >= 15 is 0 Å². The Labute approximate surface area is 73.3 Å². The average molecular weight is 168 g/mol. The summed E-state index contributed by atoms with van der Waals surface area (Å²) in [6, 6.07) is 0.494. The van der Waals surface area contributed by atoms with Crippen molar-refractivity contribution in [1.82, 2.24) is 9.78 Å². The summed E-state index contributed by atoms with van der Waals surface area (Å²) in [7, 11) is 0. The molecule has 3 heteroatoms. The van der Waals surface area contributed by atoms with Gasteiger partial charge in [0.15, 0.2) is 0 Å². The molecule has 68 valence electrons. The molecule has 1 saturated heterocycles. The molecule has 0 aromatic carbocycles. The third kappa shape index (κ3) is 1.85. The minimum atomic E-state index is 0.494. The van der Waals surface area contributed by atoms with Gasteiger partial charge in [0.2, 0.25) is 0 Å². The zero-order chi connectivity index (χ0) is 8.97. The molecule has 3 nitrogen and oxygen atoms in total. The van der Waals surface area contributed by atoms with Crippen molar-refractivity contribution in [2.24, 2.45) is 0 Å². The quantitative estimate of drug-likeness (QED) is 0.639. The van der Waals surface area contributed by atoms with Crippen LogP contribution in [0.25, 0.3) is 0 Å². The maximum Gasteiger partial charge on any atom is 0.0985 e. The van der Waals surface area contributed by atoms with Crippen LogP contribution in [-0.4, -0.2) is 23.0 Å². The number of aryl methyl sites for hydroxylation is 1. The van der Waals surface area contributed by atoms with Crippen LogP contribution in [0.4, 0.5) is 0 Å². The molecule has 2 rings (SSSR count). The third-order valence-electron chi connectivity index (χ3n) is 1.73. The Hall–Kier alpha value is -0.830. The first-order valence-electron chi connectivity index (χ1n) is 4.45. The van der Waals surface area contributed by atoms with Crippen LogP contribution in [-0.2, 0) is 4.74 Å². The van der Waals surface area contributed by atoms with Crippen molar-refractivity contribution in [3.63, 3.8) is 0 Å². The van der Waals surface area contributed by atoms with Crippen LogP contribution in [0.5, 0.6) is 0 Å². The second-order valence-corrected chi connectivity index (χ2v) is 2.69. The lowest BCUT2D eigenvalue weighted by molar-refractivity contribution is -0.0286. The molecule has 0 unspecified atom stereocenters. The zero-order valence-electron chi connectivity index (χ0n) is 7.95. The molecule has 1 fully saturated rings. The number of ether oxygens (including phenoxy) is 1. The van der Waals surface area contributed by atoms with Crippen LogP contribution in [0.15, 0.2) is 12.4 Å². The van der Waals surface area contributed by atoms with Crippen LogP contribution >= 0.6 is 0 Å². The van der Waals surface area contributed by atoms with E-state index < -0.39 is 0 Å². The first-order valence-corrected chi connectivity index (χ1v) is 4.45. The number of hydrogen-bond donors (Lipinski definition) is 0. The Morgan fingerprint density at radius 2 is 2.17 bits per heavy atom. The second-order valence-electron chi connectivity index (χ2n) is 2.69. The monoisotopic (exact) mass is 168 g/mol. The Morgan fingerprint density at radius 3 is 2.50 bits per heavy atom. The van der Waals surface area contributed by atoms with Crippen LogP contribution in [0, 0.1) is 6.92 Å². The summed E-state index contributed by atoms with van der Waals surface area (Å²) < 4.78 is 7.01. The summed E-state index contributed by atoms with van der Waals surface area (Å²) >= 11 is 0. The van der Waals surface area contributed by atoms with Crippen LogP contribution in [0.1, 0.15) is 25.5 Å². The van der Waals surface area contributed by atoms with E-state index in [1.54, 1.807) is 0 Å². The van der Waals surface area contributed by atoms with Gasteiger partial charge in [-0.1, -0.05) is 13.8 Å². The standard InChI is InChI=1S/C7H10N2O.C2H6/c1-6-2-8-9(3-6)7-4-10-5-7;1-2/h2-3,7H,4-5H2,1H3;1-2H3. The van der Waals surface area contributed by atoms with Gasteiger partial charge in [-0.15, -0.1) is 0 Å². The number of hydrogen-bond acceptors (Lipinski definition) is 2. The van der Waals surface area contributed by atoms with E-state index in [0.717, 1.165) is 13.2 Å². The minimum Gasteiger partial charge on any atom is -0.377 e. The molecule has 12 heavy (non-hydrogen) atoms. The highest BCUT2D eigenvalue weighted by Gasteiger charge is 2.20. The second kappa shape index (κ2) is 4.26. The third-order valence-corrected chi connectivity index (χ3v) is 1.73. The van der Waals surface area contributed by atoms with E-state index in [-0.39, 0.29) is 0 Å². The lowest BCUT2D eigenvalue weighted by Gasteiger charge is -2.25. The van der Waals surface area contributed by atoms with Gasteiger partial charge in [0.1, 0.15) is 0 Å². The lowest BCUT2D eigenvalue weighted by Crippen LogP contribution is -2.30. The fourth-order valence-corrected chi connectivity index (χ4v) is 1.01. The fourth-order valence-electron chi connectivity index (χ4n) is 1.01. The molecule has 0 saturated carbocycles. The van der Waals surface area contributed by atoms with E-state index in [4.69, 9.17) is 4.74 Å². The van der Waals surface area contributed by atoms with E-state index in [9.17, 15) is 0 Å². The van der Waals surface area contributed by atoms with E-state index in [1.807, 2.05) is 37.8 Å². The zero-order valence-corrected chi connectivity index (χ0v) is 7.95. The molecule has 0 atom stereocenters. The van der Waals surface area contributed by atoms with Gasteiger partial charge >= 0.3 is 0 Å². The van der Waals surface area contributed by atoms with Gasteiger partial charge in [-0.25, -0.2) is 0 Å². The van der Waals surface area contributed by atoms with Crippen molar-refractivity contribution in [2.75, 3.05) is 13.2 Å². The van der Waals surface area contributed by atoms with Crippen molar-refractivity contribution in [1.29, 1.82) is 0 Å². The molecule has 0 N–H and O–H groups in total. The fraction of sp³-hybridized carbons (Fsp3) is 0.667. The predicted octanol–water partition coefficient (Wildman–Crippen LogP) is 1.79. The summed E-state index contributed by atoms with van der Waals surface area (Å²) in [6.45, 7) is 7.69. The van der Waals surface area contributed by atoms with Crippen molar-refractivity contribution >= 4 is 0 Å². The Morgan fingerprint density at radius 1 is 1.50 bits per heavy atom. The summed E-state index contributed by atoms with van der Waals surface area (Å²) in [6.07, 6.45) is 3.92. The topological polar surface area (TPSA) is 27.1 Å². The first-order chi connectivity index (χ1) is 5.86. The highest BCUT2D eigenvalue weighted by atomic mass is 16.5. The molecule has 1 aromatic heterocycles. The Kier molecular flexibility index (Phi) is 3.29. The highest BCUT2D eigenvalue weighted by molar-refractivity contribution is 5.00.